The number of carbonyl (C=O) groups excluding carboxylic acids is 7. The van der Waals surface area contributed by atoms with Crippen LogP contribution in [0, 0.1) is 0 Å². The van der Waals surface area contributed by atoms with Crippen LogP contribution >= 0.6 is 0 Å². The number of methoxy groups -OCH3 is 1. The molecule has 1 saturated heterocycles. The monoisotopic (exact) mass is 860 g/mol. The SMILES string of the molecule is CCCCCCCCCCCCCCCC(=O)NCCOCCOCCO[C@@]1(C(=O)OC)C[C@H](OC(C)=O)[C@@H](NC(C)=O)[C@H]([C@H](OC(C)=O)[C@@H](COC(C)=O)OC(C)=O)O1. The largest absolute Gasteiger partial charge is 0.465 e. The zero-order valence-corrected chi connectivity index (χ0v) is 37.0. The van der Waals surface area contributed by atoms with Crippen molar-refractivity contribution in [2.45, 2.75) is 174 Å². The van der Waals surface area contributed by atoms with E-state index in [1.807, 2.05) is 0 Å². The van der Waals surface area contributed by atoms with E-state index in [2.05, 4.69) is 17.6 Å². The Morgan fingerprint density at radius 2 is 1.23 bits per heavy atom. The summed E-state index contributed by atoms with van der Waals surface area (Å²) in [6.07, 6.45) is 10.0. The summed E-state index contributed by atoms with van der Waals surface area (Å²) in [7, 11) is 1.06. The molecule has 0 radical (unpaired) electrons. The Morgan fingerprint density at radius 1 is 0.683 bits per heavy atom. The molecular weight excluding hydrogens is 788 g/mol. The van der Waals surface area contributed by atoms with E-state index < -0.39 is 85.0 Å². The van der Waals surface area contributed by atoms with Gasteiger partial charge in [0, 0.05) is 47.6 Å². The first-order valence-electron chi connectivity index (χ1n) is 21.4. The highest BCUT2D eigenvalue weighted by Crippen LogP contribution is 2.37. The molecule has 0 spiro atoms. The van der Waals surface area contributed by atoms with Crippen LogP contribution < -0.4 is 10.6 Å². The van der Waals surface area contributed by atoms with Gasteiger partial charge in [-0.15, -0.1) is 0 Å². The molecule has 0 unspecified atom stereocenters. The number of carbonyl (C=O) groups is 7. The molecule has 1 heterocycles. The summed E-state index contributed by atoms with van der Waals surface area (Å²) < 4.78 is 49.8. The molecule has 1 aliphatic rings. The summed E-state index contributed by atoms with van der Waals surface area (Å²) in [4.78, 5) is 86.6. The van der Waals surface area contributed by atoms with Gasteiger partial charge in [-0.25, -0.2) is 4.79 Å². The summed E-state index contributed by atoms with van der Waals surface area (Å²) in [5.74, 6) is -7.34. The lowest BCUT2D eigenvalue weighted by molar-refractivity contribution is -0.315. The third-order valence-corrected chi connectivity index (χ3v) is 9.51. The zero-order chi connectivity index (χ0) is 44.8. The van der Waals surface area contributed by atoms with Gasteiger partial charge in [-0.2, -0.15) is 0 Å². The lowest BCUT2D eigenvalue weighted by Gasteiger charge is -2.48. The van der Waals surface area contributed by atoms with Gasteiger partial charge in [0.25, 0.3) is 5.79 Å². The molecule has 1 aliphatic heterocycles. The Morgan fingerprint density at radius 3 is 1.75 bits per heavy atom. The average molecular weight is 861 g/mol. The standard InChI is InChI=1S/C42H72N2O16/c1-8-9-10-11-12-13-14-15-16-17-18-19-20-21-37(50)43-22-23-53-24-25-54-26-27-56-42(41(51)52-7)28-35(57-32(4)47)38(44-30(2)45)40(60-42)39(59-34(6)49)36(58-33(5)48)29-55-31(3)46/h35-36,38-40H,8-29H2,1-7H3,(H,43,50)(H,44,45)/t35-,36+,38+,39+,40+,42-/m0/s1. The fourth-order valence-corrected chi connectivity index (χ4v) is 6.79. The van der Waals surface area contributed by atoms with Crippen LogP contribution in [0.1, 0.15) is 138 Å². The van der Waals surface area contributed by atoms with Gasteiger partial charge in [0.15, 0.2) is 12.2 Å². The van der Waals surface area contributed by atoms with Crippen LogP contribution in [-0.2, 0) is 76.2 Å². The number of ether oxygens (including phenoxy) is 9. The maximum Gasteiger partial charge on any atom is 0.366 e. The number of rotatable bonds is 33. The predicted octanol–water partition coefficient (Wildman–Crippen LogP) is 4.15. The lowest BCUT2D eigenvalue weighted by Crippen LogP contribution is -2.69. The van der Waals surface area contributed by atoms with Crippen molar-refractivity contribution in [2.75, 3.05) is 53.3 Å². The number of unbranched alkanes of at least 4 members (excludes halogenated alkanes) is 12. The zero-order valence-electron chi connectivity index (χ0n) is 37.0. The van der Waals surface area contributed by atoms with E-state index in [9.17, 15) is 33.6 Å². The Balaban J connectivity index is 2.71. The predicted molar refractivity (Wildman–Crippen MR) is 216 cm³/mol. The topological polar surface area (TPSA) is 227 Å². The van der Waals surface area contributed by atoms with E-state index in [4.69, 9.17) is 42.6 Å². The third-order valence-electron chi connectivity index (χ3n) is 9.51. The first kappa shape index (κ1) is 54.1. The second-order valence-electron chi connectivity index (χ2n) is 14.8. The molecule has 6 atom stereocenters. The van der Waals surface area contributed by atoms with Crippen molar-refractivity contribution < 1.29 is 76.2 Å². The van der Waals surface area contributed by atoms with Gasteiger partial charge in [-0.3, -0.25) is 28.8 Å². The Labute approximate surface area is 355 Å². The number of hydrogen-bond donors (Lipinski definition) is 2. The Bertz CT molecular complexity index is 1300. The van der Waals surface area contributed by atoms with Gasteiger partial charge in [-0.1, -0.05) is 84.0 Å². The molecule has 1 fully saturated rings. The summed E-state index contributed by atoms with van der Waals surface area (Å²) in [6, 6.07) is -1.31. The maximum absolute atomic E-state index is 13.4. The number of esters is 5. The van der Waals surface area contributed by atoms with Gasteiger partial charge < -0.3 is 53.3 Å². The number of amides is 2. The van der Waals surface area contributed by atoms with Crippen LogP contribution in [0.5, 0.6) is 0 Å². The van der Waals surface area contributed by atoms with Crippen LogP contribution in [-0.4, -0.2) is 131 Å². The highest BCUT2D eigenvalue weighted by atomic mass is 16.7. The molecule has 1 rings (SSSR count). The maximum atomic E-state index is 13.4. The quantitative estimate of drug-likeness (QED) is 0.0537. The van der Waals surface area contributed by atoms with Gasteiger partial charge in [0.2, 0.25) is 11.8 Å². The number of hydrogen-bond acceptors (Lipinski definition) is 16. The van der Waals surface area contributed by atoms with Crippen molar-refractivity contribution >= 4 is 41.7 Å². The molecule has 2 amide bonds. The fourth-order valence-electron chi connectivity index (χ4n) is 6.79. The summed E-state index contributed by atoms with van der Waals surface area (Å²) >= 11 is 0. The van der Waals surface area contributed by atoms with Crippen molar-refractivity contribution in [3.63, 3.8) is 0 Å². The summed E-state index contributed by atoms with van der Waals surface area (Å²) in [5.41, 5.74) is 0. The lowest BCUT2D eigenvalue weighted by atomic mass is 9.88. The van der Waals surface area contributed by atoms with E-state index >= 15 is 0 Å². The van der Waals surface area contributed by atoms with Crippen molar-refractivity contribution in [3.8, 4) is 0 Å². The summed E-state index contributed by atoms with van der Waals surface area (Å²) in [5, 5.41) is 5.46. The van der Waals surface area contributed by atoms with Gasteiger partial charge in [0.1, 0.15) is 18.8 Å². The molecular formula is C42H72N2O16. The smallest absolute Gasteiger partial charge is 0.366 e. The highest BCUT2D eigenvalue weighted by Gasteiger charge is 2.59. The van der Waals surface area contributed by atoms with Crippen LogP contribution in [0.15, 0.2) is 0 Å². The Kier molecular flexibility index (Phi) is 28.8. The molecule has 0 aromatic rings. The molecule has 0 bridgehead atoms. The minimum absolute atomic E-state index is 0.00779. The normalized spacial score (nSPS) is 19.6. The summed E-state index contributed by atoms with van der Waals surface area (Å²) in [6.45, 7) is 7.75. The molecule has 18 nitrogen and oxygen atoms in total. The van der Waals surface area contributed by atoms with Crippen LogP contribution in [0.3, 0.4) is 0 Å². The van der Waals surface area contributed by atoms with Crippen LogP contribution in [0.2, 0.25) is 0 Å². The second kappa shape index (κ2) is 31.9. The van der Waals surface area contributed by atoms with Gasteiger partial charge in [-0.05, 0) is 6.42 Å². The first-order valence-corrected chi connectivity index (χ1v) is 21.4. The fraction of sp³-hybridized carbons (Fsp3) is 0.833. The van der Waals surface area contributed by atoms with Crippen LogP contribution in [0.4, 0.5) is 0 Å². The molecule has 0 aliphatic carbocycles. The van der Waals surface area contributed by atoms with Crippen molar-refractivity contribution in [3.05, 3.63) is 0 Å². The molecule has 2 N–H and O–H groups in total. The van der Waals surface area contributed by atoms with E-state index in [0.717, 1.165) is 54.1 Å². The van der Waals surface area contributed by atoms with E-state index in [0.29, 0.717) is 13.0 Å². The van der Waals surface area contributed by atoms with Crippen molar-refractivity contribution in [1.82, 2.24) is 10.6 Å². The van der Waals surface area contributed by atoms with E-state index in [1.54, 1.807) is 0 Å². The highest BCUT2D eigenvalue weighted by molar-refractivity contribution is 5.79. The van der Waals surface area contributed by atoms with Crippen molar-refractivity contribution in [2.24, 2.45) is 0 Å². The molecule has 18 heteroatoms. The number of nitrogens with one attached hydrogen (secondary N) is 2. The van der Waals surface area contributed by atoms with Gasteiger partial charge in [0.05, 0.1) is 52.6 Å². The minimum Gasteiger partial charge on any atom is -0.465 e. The first-order chi connectivity index (χ1) is 28.6. The van der Waals surface area contributed by atoms with Crippen molar-refractivity contribution in [1.29, 1.82) is 0 Å². The van der Waals surface area contributed by atoms with E-state index in [-0.39, 0.29) is 38.9 Å². The molecule has 0 aromatic heterocycles. The molecule has 0 aromatic carbocycles. The molecule has 0 saturated carbocycles. The molecule has 346 valence electrons. The Hall–Kier alpha value is -3.87. The second-order valence-corrected chi connectivity index (χ2v) is 14.8. The minimum atomic E-state index is -2.33. The van der Waals surface area contributed by atoms with Gasteiger partial charge >= 0.3 is 29.8 Å². The van der Waals surface area contributed by atoms with E-state index in [1.165, 1.54) is 71.1 Å². The average Bonchev–Trinajstić information content (AvgIpc) is 3.18. The third kappa shape index (κ3) is 23.8. The van der Waals surface area contributed by atoms with Crippen LogP contribution in [0.25, 0.3) is 0 Å². The molecule has 60 heavy (non-hydrogen) atoms.